The van der Waals surface area contributed by atoms with Crippen molar-refractivity contribution < 1.29 is 118 Å². The molecule has 0 spiro atoms. The number of nitrogens with one attached hydrogen (secondary N) is 2. The molecule has 19 nitrogen and oxygen atoms in total. The quantitative estimate of drug-likeness (QED) is 0.00472. The Morgan fingerprint density at radius 3 is 1.12 bits per heavy atom. The molecule has 4 aromatic rings. The van der Waals surface area contributed by atoms with Crippen molar-refractivity contribution in [2.75, 3.05) is 46.8 Å². The Morgan fingerprint density at radius 2 is 0.837 bits per heavy atom. The Morgan fingerprint density at radius 1 is 0.561 bits per heavy atom. The van der Waals surface area contributed by atoms with Gasteiger partial charge in [0, 0.05) is 53.0 Å². The van der Waals surface area contributed by atoms with E-state index in [1.54, 1.807) is 67.1 Å². The number of isocyanates is 2. The number of halogens is 15. The maximum atomic E-state index is 12.0. The molecule has 4 rings (SSSR count). The van der Waals surface area contributed by atoms with Gasteiger partial charge in [0.1, 0.15) is 19.8 Å². The first kappa shape index (κ1) is 95.2. The number of hydrogen-bond acceptors (Lipinski definition) is 17. The second kappa shape index (κ2) is 69.9. The number of alkyl halides is 15. The van der Waals surface area contributed by atoms with Gasteiger partial charge in [0.15, 0.2) is 0 Å². The maximum Gasteiger partial charge on any atom is 0.407 e. The normalized spacial score (nSPS) is 9.98. The lowest BCUT2D eigenvalue weighted by Crippen LogP contribution is -2.30. The van der Waals surface area contributed by atoms with Crippen molar-refractivity contribution in [2.24, 2.45) is 9.98 Å². The molecule has 550 valence electrons. The number of carbonyl (C=O) groups is 4. The molecule has 0 unspecified atom stereocenters. The van der Waals surface area contributed by atoms with Crippen molar-refractivity contribution >= 4 is 104 Å². The number of nitrogens with zero attached hydrogens (tertiary/aromatic N) is 4. The predicted molar refractivity (Wildman–Crippen MR) is 366 cm³/mol. The number of alkyl carbamates (subject to hydrolysis) is 2. The summed E-state index contributed by atoms with van der Waals surface area (Å²) in [5, 5.41) is 28.9. The highest BCUT2D eigenvalue weighted by Gasteiger charge is 2.39. The van der Waals surface area contributed by atoms with Crippen LogP contribution in [-0.2, 0) is 99.8 Å². The first-order valence-electron chi connectivity index (χ1n) is 30.0. The van der Waals surface area contributed by atoms with E-state index in [0.717, 1.165) is 44.5 Å². The van der Waals surface area contributed by atoms with Crippen molar-refractivity contribution in [3.05, 3.63) is 148 Å². The molecule has 0 radical (unpaired) electrons. The fraction of sp³-hybridized carbons (Fsp3) is 0.484. The van der Waals surface area contributed by atoms with Crippen LogP contribution >= 0.6 is 67.8 Å². The van der Waals surface area contributed by atoms with E-state index in [-0.39, 0.29) is 79.0 Å². The van der Waals surface area contributed by atoms with Gasteiger partial charge < -0.3 is 51.1 Å². The van der Waals surface area contributed by atoms with Gasteiger partial charge in [0.25, 0.3) is 12.5 Å². The molecule has 0 fully saturated rings. The molecule has 0 aromatic heterocycles. The largest absolute Gasteiger partial charge is 0.465 e. The number of esters is 2. The molecule has 0 bridgehead atoms. The fourth-order valence-electron chi connectivity index (χ4n) is 6.07. The van der Waals surface area contributed by atoms with Crippen LogP contribution in [0.25, 0.3) is 0 Å². The van der Waals surface area contributed by atoms with Gasteiger partial charge >= 0.3 is 36.5 Å². The monoisotopic (exact) mass is 1750 g/mol. The summed E-state index contributed by atoms with van der Waals surface area (Å²) in [6.45, 7) is 5.87. The van der Waals surface area contributed by atoms with E-state index in [0.29, 0.717) is 24.3 Å². The summed E-state index contributed by atoms with van der Waals surface area (Å²) in [4.78, 5) is 72.6. The van der Waals surface area contributed by atoms with E-state index >= 15 is 0 Å². The summed E-state index contributed by atoms with van der Waals surface area (Å²) >= 11 is 6.53. The molecule has 34 heteroatoms. The molecular weight excluding hydrogens is 1670 g/mol. The van der Waals surface area contributed by atoms with Gasteiger partial charge in [-0.15, -0.1) is 0 Å². The Labute approximate surface area is 606 Å². The number of aliphatic imine (C=N–C) groups is 2. The van der Waals surface area contributed by atoms with E-state index in [9.17, 15) is 81.5 Å². The SMILES string of the molecule is CCI.CCI.N#COCc1cccc(CCC(=O)OCCC(F)F)c1.N#COCc1cccc(CN=C=O)c1.O=C(CCc1cccc(CNC(=O)OCCC(F)F)c1)OCCC(F)F.O=C=NCc1cccc(CNC(=O)OCCC(F)F)c1.OCC(F)(F)C(F)F.[2H]CI.[2H]C[CH2-]. The van der Waals surface area contributed by atoms with Crippen LogP contribution in [0.15, 0.2) is 107 Å². The van der Waals surface area contributed by atoms with Crippen molar-refractivity contribution in [1.82, 2.24) is 10.6 Å². The highest BCUT2D eigenvalue weighted by atomic mass is 127. The summed E-state index contributed by atoms with van der Waals surface area (Å²) in [7, 11) is 0. The van der Waals surface area contributed by atoms with Crippen LogP contribution in [0.3, 0.4) is 0 Å². The molecule has 3 N–H and O–H groups in total. The summed E-state index contributed by atoms with van der Waals surface area (Å²) in [6, 6.07) is 28.7. The molecule has 2 amide bonds. The third kappa shape index (κ3) is 66.3. The smallest absolute Gasteiger partial charge is 0.407 e. The van der Waals surface area contributed by atoms with E-state index in [1.165, 1.54) is 21.0 Å². The molecule has 0 aliphatic carbocycles. The minimum Gasteiger partial charge on any atom is -0.465 e. The van der Waals surface area contributed by atoms with Crippen molar-refractivity contribution in [3.8, 4) is 12.5 Å². The zero-order chi connectivity index (χ0) is 76.8. The lowest BCUT2D eigenvalue weighted by atomic mass is 10.1. The highest BCUT2D eigenvalue weighted by molar-refractivity contribution is 14.1. The summed E-state index contributed by atoms with van der Waals surface area (Å²) < 4.78 is 182. The van der Waals surface area contributed by atoms with Crippen molar-refractivity contribution in [2.45, 2.75) is 150 Å². The number of benzene rings is 4. The number of aliphatic hydroxyl groups excluding tert-OH is 1. The first-order chi connectivity index (χ1) is 47.6. The third-order valence-electron chi connectivity index (χ3n) is 10.2. The summed E-state index contributed by atoms with van der Waals surface area (Å²) in [5.41, 5.74) is 6.64. The maximum absolute atomic E-state index is 12.0. The van der Waals surface area contributed by atoms with Crippen LogP contribution in [0, 0.1) is 30.0 Å². The van der Waals surface area contributed by atoms with Crippen LogP contribution in [-0.4, -0.2) is 126 Å². The molecule has 0 atom stereocenters. The number of aliphatic hydroxyl groups is 1. The van der Waals surface area contributed by atoms with Gasteiger partial charge in [0.05, 0.1) is 39.5 Å². The Hall–Kier alpha value is -6.99. The standard InChI is InChI=1S/C17H21F4NO4.C14H15F2NO3.C13H14F2N2O3.C10H8N2O2.C3H4F4O.2C2H5I.C2H5.CH3I/c18-14(19)6-8-25-16(23)5-4-12-2-1-3-13(10-12)11-22-17(24)26-9-7-15(20)21;15-13(16)6-7-20-14(18)5-4-11-2-1-3-12(8-11)9-19-10-17;14-12(15)4-5-20-13(19)17-8-11-3-1-2-10(6-11)7-16-9-18;11-7-14-6-10-3-1-2-9(4-10)5-12-8-13;4-2(5)3(6,7)1-8;2*1-2-3;2*1-2/h1-3,10,14-15H,4-9,11H2,(H,22,24);1-3,8,13H,4-7,9H2;1-3,6,12H,4-5,7-8H2,(H,17,19);1-4H,5-6H2;2,8H,1H2;2*2H2,1H3;1H2,2H3;1H3/q;;;;;;;-1;/i;;;;;;;2D;1D. The second-order valence-corrected chi connectivity index (χ2v) is 20.8. The van der Waals surface area contributed by atoms with Crippen LogP contribution in [0.4, 0.5) is 62.3 Å². The molecule has 4 aromatic carbocycles. The minimum absolute atomic E-state index is 0.0514. The Bertz CT molecular complexity index is 2870. The zero-order valence-electron chi connectivity index (χ0n) is 55.4. The van der Waals surface area contributed by atoms with E-state index in [4.69, 9.17) is 23.1 Å². The van der Waals surface area contributed by atoms with E-state index in [2.05, 4.69) is 110 Å². The fourth-order valence-corrected chi connectivity index (χ4v) is 6.07. The summed E-state index contributed by atoms with van der Waals surface area (Å²) in [6.07, 6.45) is -10.1. The van der Waals surface area contributed by atoms with Gasteiger partial charge in [-0.25, -0.2) is 73.1 Å². The lowest BCUT2D eigenvalue weighted by molar-refractivity contribution is -0.153. The van der Waals surface area contributed by atoms with Gasteiger partial charge in [-0.05, 0) is 72.5 Å². The van der Waals surface area contributed by atoms with Crippen LogP contribution < -0.4 is 10.6 Å². The molecule has 0 aliphatic rings. The van der Waals surface area contributed by atoms with E-state index < -0.39 is 94.5 Å². The van der Waals surface area contributed by atoms with Gasteiger partial charge in [-0.3, -0.25) is 9.59 Å². The Balaban J connectivity index is -0.000000371. The number of hydrogen-bond donors (Lipinski definition) is 3. The van der Waals surface area contributed by atoms with E-state index in [1.807, 2.05) is 65.1 Å². The molecule has 98 heavy (non-hydrogen) atoms. The predicted octanol–water partition coefficient (Wildman–Crippen LogP) is 16.1. The first-order valence-corrected chi connectivity index (χ1v) is 33.2. The van der Waals surface area contributed by atoms with Crippen LogP contribution in [0.1, 0.15) is 107 Å². The topological polar surface area (TPSA) is 274 Å². The lowest BCUT2D eigenvalue weighted by Gasteiger charge is -2.09. The molecule has 0 saturated carbocycles. The average molecular weight is 1750 g/mol. The second-order valence-electron chi connectivity index (χ2n) is 17.7. The van der Waals surface area contributed by atoms with Crippen LogP contribution in [0.2, 0.25) is 0 Å². The minimum atomic E-state index is -4.24. The average Bonchev–Trinajstić information content (AvgIpc) is 0.957. The molecule has 0 heterocycles. The molecule has 0 aliphatic heterocycles. The Kier molecular flexibility index (Phi) is 67.9. The van der Waals surface area contributed by atoms with Crippen molar-refractivity contribution in [1.29, 1.82) is 10.5 Å². The van der Waals surface area contributed by atoms with Crippen molar-refractivity contribution in [3.63, 3.8) is 0 Å². The highest BCUT2D eigenvalue weighted by Crippen LogP contribution is 2.21. The van der Waals surface area contributed by atoms with Crippen LogP contribution in [0.5, 0.6) is 0 Å². The van der Waals surface area contributed by atoms with Gasteiger partial charge in [-0.2, -0.15) is 26.2 Å². The molecular formula is C64H80F12I3N6O13-. The molecule has 0 saturated heterocycles. The third-order valence-corrected chi connectivity index (χ3v) is 10.2. The van der Waals surface area contributed by atoms with Gasteiger partial charge in [-0.1, -0.05) is 179 Å². The number of amides is 2. The number of aryl methyl sites for hydroxylation is 2. The number of nitriles is 2. The zero-order valence-corrected chi connectivity index (χ0v) is 59.9. The number of carbonyl (C=O) groups excluding carboxylic acids is 6. The summed E-state index contributed by atoms with van der Waals surface area (Å²) in [5.74, 6) is -5.29. The van der Waals surface area contributed by atoms with Gasteiger partial charge in [0.2, 0.25) is 37.9 Å². The number of ether oxygens (including phenoxy) is 6. The number of rotatable bonds is 32.